The highest BCUT2D eigenvalue weighted by Crippen LogP contribution is 2.12. The number of carbonyl (C=O) groups is 6. The number of hydrogen-bond donors (Lipinski definition) is 4. The Bertz CT molecular complexity index is 1680. The summed E-state index contributed by atoms with van der Waals surface area (Å²) < 4.78 is 21.5. The van der Waals surface area contributed by atoms with Gasteiger partial charge in [-0.05, 0) is 69.6 Å². The Morgan fingerprint density at radius 3 is 1.52 bits per heavy atom. The van der Waals surface area contributed by atoms with Crippen LogP contribution >= 0.6 is 0 Å². The molecule has 0 spiro atoms. The van der Waals surface area contributed by atoms with E-state index in [1.165, 1.54) is 0 Å². The third-order valence-electron chi connectivity index (χ3n) is 8.16. The van der Waals surface area contributed by atoms with Crippen molar-refractivity contribution in [2.75, 3.05) is 6.54 Å². The number of amides is 3. The van der Waals surface area contributed by atoms with Crippen molar-refractivity contribution in [2.45, 2.75) is 109 Å². The van der Waals surface area contributed by atoms with Gasteiger partial charge in [-0.3, -0.25) is 19.2 Å². The zero-order valence-corrected chi connectivity index (χ0v) is 32.3. The lowest BCUT2D eigenvalue weighted by Crippen LogP contribution is -2.54. The van der Waals surface area contributed by atoms with Crippen LogP contribution < -0.4 is 21.7 Å². The van der Waals surface area contributed by atoms with E-state index in [9.17, 15) is 28.8 Å². The Hall–Kier alpha value is -5.76. The smallest absolute Gasteiger partial charge is 0.407 e. The van der Waals surface area contributed by atoms with E-state index in [2.05, 4.69) is 16.0 Å². The maximum atomic E-state index is 13.8. The molecule has 56 heavy (non-hydrogen) atoms. The fourth-order valence-electron chi connectivity index (χ4n) is 5.17. The van der Waals surface area contributed by atoms with Crippen molar-refractivity contribution in [1.82, 2.24) is 16.0 Å². The lowest BCUT2D eigenvalue weighted by atomic mass is 10.1. The summed E-state index contributed by atoms with van der Waals surface area (Å²) in [6.45, 7) is 5.55. The highest BCUT2D eigenvalue weighted by atomic mass is 16.6. The van der Waals surface area contributed by atoms with E-state index in [0.717, 1.165) is 11.1 Å². The van der Waals surface area contributed by atoms with Crippen LogP contribution in [0.5, 0.6) is 0 Å². The van der Waals surface area contributed by atoms with Gasteiger partial charge in [0.15, 0.2) is 0 Å². The SMILES string of the molecule is CC(C)(C)OC(=O)NCCCCC(N)C(=O)NC(CCC(=O)OCc1ccccc1)C(=O)NC(CCC(=O)OCc1ccccc1)C(=O)OCc1ccccc1. The van der Waals surface area contributed by atoms with Crippen molar-refractivity contribution in [3.05, 3.63) is 108 Å². The molecular weight excluding hydrogens is 720 g/mol. The standard InChI is InChI=1S/C42H54N4O10/c1-42(2,3)56-41(52)44-26-14-13-21-33(43)38(49)45-34(22-24-36(47)53-27-30-15-7-4-8-16-30)39(50)46-35(40(51)55-29-32-19-11-6-12-20-32)23-25-37(48)54-28-31-17-9-5-10-18-31/h4-12,15-20,33-35H,13-14,21-29,43H2,1-3H3,(H,44,52)(H,45,49)(H,46,50). The summed E-state index contributed by atoms with van der Waals surface area (Å²) in [4.78, 5) is 77.7. The van der Waals surface area contributed by atoms with Crippen molar-refractivity contribution < 1.29 is 47.7 Å². The molecule has 5 N–H and O–H groups in total. The zero-order chi connectivity index (χ0) is 40.8. The molecule has 0 fully saturated rings. The van der Waals surface area contributed by atoms with Gasteiger partial charge < -0.3 is 40.6 Å². The van der Waals surface area contributed by atoms with Crippen molar-refractivity contribution in [3.8, 4) is 0 Å². The summed E-state index contributed by atoms with van der Waals surface area (Å²) >= 11 is 0. The van der Waals surface area contributed by atoms with E-state index < -0.39 is 59.5 Å². The van der Waals surface area contributed by atoms with Crippen molar-refractivity contribution in [3.63, 3.8) is 0 Å². The molecular formula is C42H54N4O10. The summed E-state index contributed by atoms with van der Waals surface area (Å²) in [7, 11) is 0. The van der Waals surface area contributed by atoms with E-state index >= 15 is 0 Å². The summed E-state index contributed by atoms with van der Waals surface area (Å²) in [6.07, 6.45) is -0.149. The molecule has 3 rings (SSSR count). The first-order valence-corrected chi connectivity index (χ1v) is 18.7. The molecule has 0 heterocycles. The highest BCUT2D eigenvalue weighted by molar-refractivity contribution is 5.92. The third kappa shape index (κ3) is 18.5. The topological polar surface area (TPSA) is 201 Å². The minimum absolute atomic E-state index is 0.0201. The molecule has 0 saturated heterocycles. The van der Waals surface area contributed by atoms with Gasteiger partial charge in [-0.2, -0.15) is 0 Å². The maximum Gasteiger partial charge on any atom is 0.407 e. The summed E-state index contributed by atoms with van der Waals surface area (Å²) in [6, 6.07) is 23.4. The second-order valence-electron chi connectivity index (χ2n) is 14.1. The first-order chi connectivity index (χ1) is 26.8. The number of ether oxygens (including phenoxy) is 4. The van der Waals surface area contributed by atoms with E-state index in [4.69, 9.17) is 24.7 Å². The fraction of sp³-hybridized carbons (Fsp3) is 0.429. The highest BCUT2D eigenvalue weighted by Gasteiger charge is 2.30. The average Bonchev–Trinajstić information content (AvgIpc) is 3.18. The monoisotopic (exact) mass is 774 g/mol. The molecule has 0 aromatic heterocycles. The predicted molar refractivity (Wildman–Crippen MR) is 207 cm³/mol. The molecule has 14 heteroatoms. The Balaban J connectivity index is 1.66. The lowest BCUT2D eigenvalue weighted by Gasteiger charge is -2.24. The number of unbranched alkanes of at least 4 members (excludes halogenated alkanes) is 1. The average molecular weight is 775 g/mol. The number of nitrogens with two attached hydrogens (primary N) is 1. The molecule has 0 saturated carbocycles. The van der Waals surface area contributed by atoms with Crippen LogP contribution in [0.2, 0.25) is 0 Å². The molecule has 0 aliphatic heterocycles. The lowest BCUT2D eigenvalue weighted by molar-refractivity contribution is -0.151. The van der Waals surface area contributed by atoms with Crippen LogP contribution in [0.4, 0.5) is 4.79 Å². The molecule has 3 aromatic carbocycles. The Morgan fingerprint density at radius 2 is 1.04 bits per heavy atom. The molecule has 0 aliphatic rings. The number of esters is 3. The van der Waals surface area contributed by atoms with Gasteiger partial charge in [0.2, 0.25) is 11.8 Å². The van der Waals surface area contributed by atoms with E-state index in [1.54, 1.807) is 69.3 Å². The number of benzene rings is 3. The largest absolute Gasteiger partial charge is 0.461 e. The predicted octanol–water partition coefficient (Wildman–Crippen LogP) is 4.77. The van der Waals surface area contributed by atoms with Gasteiger partial charge in [-0.15, -0.1) is 0 Å². The normalized spacial score (nSPS) is 12.6. The van der Waals surface area contributed by atoms with Crippen LogP contribution in [-0.4, -0.2) is 66.1 Å². The summed E-state index contributed by atoms with van der Waals surface area (Å²) in [5.74, 6) is -3.45. The Morgan fingerprint density at radius 1 is 0.589 bits per heavy atom. The molecule has 3 aromatic rings. The summed E-state index contributed by atoms with van der Waals surface area (Å²) in [5.41, 5.74) is 7.81. The van der Waals surface area contributed by atoms with Gasteiger partial charge in [-0.25, -0.2) is 9.59 Å². The summed E-state index contributed by atoms with van der Waals surface area (Å²) in [5, 5.41) is 7.88. The molecule has 0 bridgehead atoms. The quantitative estimate of drug-likeness (QED) is 0.0623. The maximum absolute atomic E-state index is 13.8. The van der Waals surface area contributed by atoms with Gasteiger partial charge in [0.1, 0.15) is 37.5 Å². The van der Waals surface area contributed by atoms with Crippen LogP contribution in [0.15, 0.2) is 91.0 Å². The van der Waals surface area contributed by atoms with Crippen molar-refractivity contribution in [1.29, 1.82) is 0 Å². The molecule has 0 aliphatic carbocycles. The number of alkyl carbamates (subject to hydrolysis) is 1. The van der Waals surface area contributed by atoms with Gasteiger partial charge in [0.25, 0.3) is 0 Å². The van der Waals surface area contributed by atoms with Crippen molar-refractivity contribution >= 4 is 35.8 Å². The Kier molecular flexibility index (Phi) is 19.1. The second-order valence-corrected chi connectivity index (χ2v) is 14.1. The van der Waals surface area contributed by atoms with Crippen LogP contribution in [-0.2, 0) is 62.7 Å². The number of rotatable bonds is 22. The van der Waals surface area contributed by atoms with Crippen LogP contribution in [0, 0.1) is 0 Å². The zero-order valence-electron chi connectivity index (χ0n) is 32.3. The third-order valence-corrected chi connectivity index (χ3v) is 8.16. The first kappa shape index (κ1) is 44.6. The molecule has 302 valence electrons. The minimum atomic E-state index is -1.30. The van der Waals surface area contributed by atoms with Gasteiger partial charge in [0, 0.05) is 19.4 Å². The van der Waals surface area contributed by atoms with Crippen molar-refractivity contribution in [2.24, 2.45) is 5.73 Å². The number of carbonyl (C=O) groups excluding carboxylic acids is 6. The minimum Gasteiger partial charge on any atom is -0.461 e. The molecule has 0 radical (unpaired) electrons. The van der Waals surface area contributed by atoms with Gasteiger partial charge in [0.05, 0.1) is 6.04 Å². The van der Waals surface area contributed by atoms with Crippen LogP contribution in [0.1, 0.15) is 82.4 Å². The number of hydrogen-bond acceptors (Lipinski definition) is 11. The van der Waals surface area contributed by atoms with Crippen LogP contribution in [0.3, 0.4) is 0 Å². The van der Waals surface area contributed by atoms with E-state index in [1.807, 2.05) is 42.5 Å². The molecule has 3 atom stereocenters. The van der Waals surface area contributed by atoms with E-state index in [-0.39, 0.29) is 51.9 Å². The van der Waals surface area contributed by atoms with Gasteiger partial charge >= 0.3 is 24.0 Å². The molecule has 14 nitrogen and oxygen atoms in total. The molecule has 3 amide bonds. The Labute approximate surface area is 328 Å². The second kappa shape index (κ2) is 23.9. The van der Waals surface area contributed by atoms with Gasteiger partial charge in [-0.1, -0.05) is 91.0 Å². The van der Waals surface area contributed by atoms with E-state index in [0.29, 0.717) is 24.9 Å². The van der Waals surface area contributed by atoms with Crippen LogP contribution in [0.25, 0.3) is 0 Å². The fourth-order valence-corrected chi connectivity index (χ4v) is 5.17. The number of nitrogens with one attached hydrogen (secondary N) is 3. The first-order valence-electron chi connectivity index (χ1n) is 18.7. The molecule has 3 unspecified atom stereocenters.